The van der Waals surface area contributed by atoms with Gasteiger partial charge in [0.25, 0.3) is 5.91 Å². The molecule has 0 aliphatic carbocycles. The Balaban J connectivity index is 2.65. The molecule has 1 aliphatic heterocycles. The Morgan fingerprint density at radius 3 is 2.74 bits per heavy atom. The molecule has 0 aromatic rings. The quantitative estimate of drug-likeness (QED) is 0.591. The zero-order chi connectivity index (χ0) is 14.5. The number of carbonyl (C=O) groups is 1. The second-order valence-electron chi connectivity index (χ2n) is 5.46. The molecule has 0 atom stereocenters. The van der Waals surface area contributed by atoms with Gasteiger partial charge in [-0.15, -0.1) is 4.91 Å². The fourth-order valence-corrected chi connectivity index (χ4v) is 1.55. The first-order valence-electron chi connectivity index (χ1n) is 6.07. The normalized spacial score (nSPS) is 17.4. The van der Waals surface area contributed by atoms with Gasteiger partial charge in [0.2, 0.25) is 0 Å². The standard InChI is InChI=1S/C13H20N4O2/c1-16-7-5-11(10-15-19)9-12(16)13(18)14-6-8-17(2,3)4/h5,7,9-10H,6,8H2,1-4H3/p+1/b11-10+. The topological polar surface area (TPSA) is 61.8 Å². The molecule has 0 saturated carbocycles. The minimum atomic E-state index is -0.155. The van der Waals surface area contributed by atoms with Crippen LogP contribution in [-0.4, -0.2) is 56.6 Å². The maximum atomic E-state index is 12.0. The van der Waals surface area contributed by atoms with Crippen LogP contribution in [0.5, 0.6) is 0 Å². The summed E-state index contributed by atoms with van der Waals surface area (Å²) >= 11 is 0. The zero-order valence-corrected chi connectivity index (χ0v) is 11.9. The van der Waals surface area contributed by atoms with Crippen LogP contribution in [0, 0.1) is 4.91 Å². The second kappa shape index (κ2) is 6.29. The first-order chi connectivity index (χ1) is 8.83. The van der Waals surface area contributed by atoms with Gasteiger partial charge in [-0.3, -0.25) is 4.79 Å². The molecule has 0 bridgehead atoms. The SMILES string of the molecule is CN1C=C/C(=C\N=O)C=C1C(=O)NCC[N+](C)(C)C. The van der Waals surface area contributed by atoms with Crippen LogP contribution >= 0.6 is 0 Å². The second-order valence-corrected chi connectivity index (χ2v) is 5.46. The number of amides is 1. The molecule has 0 aromatic carbocycles. The van der Waals surface area contributed by atoms with Crippen LogP contribution in [-0.2, 0) is 4.79 Å². The first kappa shape index (κ1) is 15.1. The highest BCUT2D eigenvalue weighted by Gasteiger charge is 2.16. The molecule has 0 spiro atoms. The lowest BCUT2D eigenvalue weighted by molar-refractivity contribution is -0.869. The first-order valence-corrected chi connectivity index (χ1v) is 6.07. The molecule has 104 valence electrons. The van der Waals surface area contributed by atoms with Gasteiger partial charge >= 0.3 is 0 Å². The lowest BCUT2D eigenvalue weighted by Gasteiger charge is -2.25. The molecule has 0 unspecified atom stereocenters. The van der Waals surface area contributed by atoms with Crippen LogP contribution in [0.4, 0.5) is 0 Å². The van der Waals surface area contributed by atoms with Crippen molar-refractivity contribution in [3.8, 4) is 0 Å². The molecule has 19 heavy (non-hydrogen) atoms. The maximum Gasteiger partial charge on any atom is 0.268 e. The summed E-state index contributed by atoms with van der Waals surface area (Å²) in [6.45, 7) is 1.44. The molecular weight excluding hydrogens is 244 g/mol. The van der Waals surface area contributed by atoms with Crippen molar-refractivity contribution in [3.63, 3.8) is 0 Å². The van der Waals surface area contributed by atoms with Crippen LogP contribution < -0.4 is 5.32 Å². The van der Waals surface area contributed by atoms with Crippen molar-refractivity contribution in [2.24, 2.45) is 5.18 Å². The maximum absolute atomic E-state index is 12.0. The minimum Gasteiger partial charge on any atom is -0.347 e. The predicted octanol–water partition coefficient (Wildman–Crippen LogP) is 0.802. The van der Waals surface area contributed by atoms with E-state index in [9.17, 15) is 9.70 Å². The van der Waals surface area contributed by atoms with Gasteiger partial charge < -0.3 is 14.7 Å². The van der Waals surface area contributed by atoms with Crippen molar-refractivity contribution in [3.05, 3.63) is 40.7 Å². The average Bonchev–Trinajstić information content (AvgIpc) is 2.30. The van der Waals surface area contributed by atoms with Crippen LogP contribution in [0.2, 0.25) is 0 Å². The van der Waals surface area contributed by atoms with E-state index in [1.54, 1.807) is 30.3 Å². The van der Waals surface area contributed by atoms with Gasteiger partial charge in [-0.05, 0) is 22.9 Å². The molecule has 0 radical (unpaired) electrons. The molecule has 6 heteroatoms. The molecule has 1 heterocycles. The summed E-state index contributed by atoms with van der Waals surface area (Å²) < 4.78 is 0.787. The highest BCUT2D eigenvalue weighted by atomic mass is 16.2. The van der Waals surface area contributed by atoms with E-state index in [0.29, 0.717) is 17.8 Å². The third-order valence-electron chi connectivity index (χ3n) is 2.68. The number of rotatable bonds is 5. The molecule has 1 aliphatic rings. The Morgan fingerprint density at radius 1 is 1.47 bits per heavy atom. The third kappa shape index (κ3) is 5.05. The monoisotopic (exact) mass is 265 g/mol. The number of nitrogens with one attached hydrogen (secondary N) is 1. The van der Waals surface area contributed by atoms with Gasteiger partial charge in [-0.1, -0.05) is 0 Å². The van der Waals surface area contributed by atoms with Crippen LogP contribution in [0.1, 0.15) is 0 Å². The summed E-state index contributed by atoms with van der Waals surface area (Å²) in [5.41, 5.74) is 1.11. The van der Waals surface area contributed by atoms with E-state index in [0.717, 1.165) is 11.0 Å². The number of likely N-dealkylation sites (N-methyl/N-ethyl adjacent to an activating group) is 2. The number of nitroso groups, excluding NO2 is 1. The van der Waals surface area contributed by atoms with Crippen LogP contribution in [0.25, 0.3) is 0 Å². The van der Waals surface area contributed by atoms with Crippen LogP contribution in [0.3, 0.4) is 0 Å². The van der Waals surface area contributed by atoms with Gasteiger partial charge in [0.1, 0.15) is 5.70 Å². The van der Waals surface area contributed by atoms with E-state index in [-0.39, 0.29) is 5.91 Å². The predicted molar refractivity (Wildman–Crippen MR) is 74.8 cm³/mol. The molecule has 0 fully saturated rings. The van der Waals surface area contributed by atoms with E-state index in [1.807, 2.05) is 0 Å². The third-order valence-corrected chi connectivity index (χ3v) is 2.68. The van der Waals surface area contributed by atoms with E-state index < -0.39 is 0 Å². The average molecular weight is 265 g/mol. The summed E-state index contributed by atoms with van der Waals surface area (Å²) in [6, 6.07) is 0. The summed E-state index contributed by atoms with van der Waals surface area (Å²) in [5.74, 6) is -0.155. The van der Waals surface area contributed by atoms with Crippen molar-refractivity contribution in [1.29, 1.82) is 0 Å². The highest BCUT2D eigenvalue weighted by Crippen LogP contribution is 2.15. The summed E-state index contributed by atoms with van der Waals surface area (Å²) in [5, 5.41) is 5.58. The van der Waals surface area contributed by atoms with Crippen molar-refractivity contribution < 1.29 is 9.28 Å². The van der Waals surface area contributed by atoms with Gasteiger partial charge in [0, 0.05) is 13.2 Å². The Labute approximate surface area is 113 Å². The van der Waals surface area contributed by atoms with Crippen molar-refractivity contribution in [1.82, 2.24) is 10.2 Å². The smallest absolute Gasteiger partial charge is 0.268 e. The van der Waals surface area contributed by atoms with Crippen LogP contribution in [0.15, 0.2) is 41.0 Å². The summed E-state index contributed by atoms with van der Waals surface area (Å²) in [4.78, 5) is 24.0. The molecule has 1 N–H and O–H groups in total. The van der Waals surface area contributed by atoms with Crippen molar-refractivity contribution in [2.75, 3.05) is 41.3 Å². The van der Waals surface area contributed by atoms with E-state index >= 15 is 0 Å². The number of carbonyl (C=O) groups excluding carboxylic acids is 1. The summed E-state index contributed by atoms with van der Waals surface area (Å²) in [6.07, 6.45) is 6.28. The molecule has 0 saturated heterocycles. The fraction of sp³-hybridized carbons (Fsp3) is 0.462. The van der Waals surface area contributed by atoms with Crippen molar-refractivity contribution >= 4 is 5.91 Å². The lowest BCUT2D eigenvalue weighted by Crippen LogP contribution is -2.43. The number of nitrogens with zero attached hydrogens (tertiary/aromatic N) is 3. The molecule has 0 aromatic heterocycles. The summed E-state index contributed by atoms with van der Waals surface area (Å²) in [7, 11) is 7.99. The van der Waals surface area contributed by atoms with Gasteiger partial charge in [0.05, 0.1) is 40.4 Å². The number of allylic oxidation sites excluding steroid dienone is 3. The largest absolute Gasteiger partial charge is 0.347 e. The van der Waals surface area contributed by atoms with E-state index in [2.05, 4.69) is 31.6 Å². The fourth-order valence-electron chi connectivity index (χ4n) is 1.55. The zero-order valence-electron chi connectivity index (χ0n) is 11.9. The van der Waals surface area contributed by atoms with Gasteiger partial charge in [-0.2, -0.15) is 0 Å². The number of hydrogen-bond donors (Lipinski definition) is 1. The highest BCUT2D eigenvalue weighted by molar-refractivity contribution is 5.93. The number of hydrogen-bond acceptors (Lipinski definition) is 4. The molecule has 6 nitrogen and oxygen atoms in total. The molecular formula is C13H21N4O2+. The van der Waals surface area contributed by atoms with Gasteiger partial charge in [0.15, 0.2) is 0 Å². The Hall–Kier alpha value is -1.95. The van der Waals surface area contributed by atoms with E-state index in [4.69, 9.17) is 0 Å². The van der Waals surface area contributed by atoms with Crippen molar-refractivity contribution in [2.45, 2.75) is 0 Å². The van der Waals surface area contributed by atoms with Gasteiger partial charge in [-0.25, -0.2) is 0 Å². The lowest BCUT2D eigenvalue weighted by atomic mass is 10.1. The minimum absolute atomic E-state index is 0.155. The number of quaternary nitrogens is 1. The molecule has 1 rings (SSSR count). The molecule has 1 amide bonds. The van der Waals surface area contributed by atoms with E-state index in [1.165, 1.54) is 6.20 Å². The Bertz CT molecular complexity index is 444. The Morgan fingerprint density at radius 2 is 2.16 bits per heavy atom. The Kier molecular flexibility index (Phi) is 5.00.